The second-order valence-corrected chi connectivity index (χ2v) is 8.03. The van der Waals surface area contributed by atoms with Gasteiger partial charge in [-0.05, 0) is 37.8 Å². The van der Waals surface area contributed by atoms with Gasteiger partial charge in [-0.15, -0.1) is 0 Å². The molecule has 0 unspecified atom stereocenters. The zero-order valence-corrected chi connectivity index (χ0v) is 16.9. The highest BCUT2D eigenvalue weighted by Gasteiger charge is 2.23. The Morgan fingerprint density at radius 2 is 1.00 bits per heavy atom. The molecule has 0 fully saturated rings. The second-order valence-electron chi connectivity index (χ2n) is 8.03. The fourth-order valence-corrected chi connectivity index (χ4v) is 4.97. The van der Waals surface area contributed by atoms with Crippen molar-refractivity contribution in [2.45, 2.75) is 38.8 Å². The highest BCUT2D eigenvalue weighted by atomic mass is 19.2. The second kappa shape index (κ2) is 7.62. The lowest BCUT2D eigenvalue weighted by molar-refractivity contribution is 0.111. The number of aromatic nitrogens is 2. The molecule has 2 aliphatic rings. The number of fused-ring (bicyclic) bond motifs is 6. The molecule has 32 heavy (non-hydrogen) atoms. The number of hydrogen-bond donors (Lipinski definition) is 0. The molecule has 2 aromatic heterocycles. The van der Waals surface area contributed by atoms with Crippen molar-refractivity contribution >= 4 is 34.4 Å². The van der Waals surface area contributed by atoms with Crippen molar-refractivity contribution in [1.82, 2.24) is 9.13 Å². The Hall–Kier alpha value is -3.42. The van der Waals surface area contributed by atoms with E-state index < -0.39 is 23.3 Å². The molecule has 0 amide bonds. The van der Waals surface area contributed by atoms with Crippen LogP contribution in [0, 0.1) is 23.3 Å². The minimum Gasteiger partial charge on any atom is -0.344 e. The Morgan fingerprint density at radius 3 is 1.38 bits per heavy atom. The maximum Gasteiger partial charge on any atom is 0.160 e. The van der Waals surface area contributed by atoms with Gasteiger partial charge < -0.3 is 9.13 Å². The summed E-state index contributed by atoms with van der Waals surface area (Å²) in [6, 6.07) is 4.57. The first-order valence-electron chi connectivity index (χ1n) is 10.3. The fourth-order valence-electron chi connectivity index (χ4n) is 4.97. The minimum absolute atomic E-state index is 0.506. The number of halogens is 4. The number of rotatable bonds is 2. The Balaban J connectivity index is 0.000000135. The first kappa shape index (κ1) is 20.5. The fraction of sp³-hybridized carbons (Fsp3) is 0.250. The Morgan fingerprint density at radius 1 is 0.625 bits per heavy atom. The van der Waals surface area contributed by atoms with E-state index in [1.807, 2.05) is 9.13 Å². The Labute approximate surface area is 180 Å². The molecule has 2 aromatic carbocycles. The van der Waals surface area contributed by atoms with Crippen LogP contribution < -0.4 is 0 Å². The minimum atomic E-state index is -0.903. The van der Waals surface area contributed by atoms with Crippen molar-refractivity contribution in [3.8, 4) is 0 Å². The summed E-state index contributed by atoms with van der Waals surface area (Å²) in [5, 5.41) is 1.03. The van der Waals surface area contributed by atoms with Gasteiger partial charge in [-0.25, -0.2) is 17.6 Å². The van der Waals surface area contributed by atoms with Crippen molar-refractivity contribution in [2.75, 3.05) is 0 Å². The van der Waals surface area contributed by atoms with Gasteiger partial charge in [-0.3, -0.25) is 9.59 Å². The normalized spacial score (nSPS) is 14.4. The van der Waals surface area contributed by atoms with E-state index in [2.05, 4.69) is 0 Å². The van der Waals surface area contributed by atoms with Gasteiger partial charge >= 0.3 is 0 Å². The van der Waals surface area contributed by atoms with Crippen LogP contribution in [0.4, 0.5) is 17.6 Å². The quantitative estimate of drug-likeness (QED) is 0.310. The number of nitrogens with zero attached hydrogens (tertiary/aromatic N) is 2. The van der Waals surface area contributed by atoms with E-state index in [0.29, 0.717) is 32.9 Å². The van der Waals surface area contributed by atoms with Gasteiger partial charge in [0.1, 0.15) is 0 Å². The van der Waals surface area contributed by atoms with E-state index >= 15 is 0 Å². The number of carbonyl (C=O) groups excluding carboxylic acids is 2. The molecule has 0 atom stereocenters. The van der Waals surface area contributed by atoms with Crippen LogP contribution >= 0.6 is 0 Å². The number of hydrogen-bond acceptors (Lipinski definition) is 2. The molecule has 164 valence electrons. The van der Waals surface area contributed by atoms with Gasteiger partial charge in [0.2, 0.25) is 0 Å². The molecule has 0 N–H and O–H groups in total. The van der Waals surface area contributed by atoms with Gasteiger partial charge in [0.25, 0.3) is 0 Å². The molecule has 2 aliphatic heterocycles. The van der Waals surface area contributed by atoms with Gasteiger partial charge in [-0.1, -0.05) is 0 Å². The molecule has 6 rings (SSSR count). The Bertz CT molecular complexity index is 1310. The Kier molecular flexibility index (Phi) is 4.87. The first-order chi connectivity index (χ1) is 15.4. The van der Waals surface area contributed by atoms with Crippen molar-refractivity contribution in [3.05, 3.63) is 70.0 Å². The highest BCUT2D eigenvalue weighted by molar-refractivity contribution is 6.00. The summed E-state index contributed by atoms with van der Waals surface area (Å²) in [4.78, 5) is 22.0. The van der Waals surface area contributed by atoms with Crippen LogP contribution in [0.25, 0.3) is 21.8 Å². The molecular formula is C24H18F4N2O2. The maximum absolute atomic E-state index is 13.2. The molecule has 0 spiro atoms. The summed E-state index contributed by atoms with van der Waals surface area (Å²) in [5.74, 6) is -3.53. The number of carbonyl (C=O) groups is 2. The van der Waals surface area contributed by atoms with E-state index in [9.17, 15) is 27.2 Å². The average Bonchev–Trinajstić information content (AvgIpc) is 3.52. The standard InChI is InChI=1S/2C12H9F2NO/c2*13-9-4-7-8(6-16)11-2-1-3-15(11)12(7)5-10(9)14/h2*4-6H,1-3H2. The zero-order valence-electron chi connectivity index (χ0n) is 16.9. The van der Waals surface area contributed by atoms with Crippen molar-refractivity contribution in [1.29, 1.82) is 0 Å². The first-order valence-corrected chi connectivity index (χ1v) is 10.3. The lowest BCUT2D eigenvalue weighted by Gasteiger charge is -2.00. The van der Waals surface area contributed by atoms with Crippen molar-refractivity contribution < 1.29 is 27.2 Å². The molecule has 8 heteroatoms. The number of benzene rings is 2. The molecule has 0 saturated heterocycles. The van der Waals surface area contributed by atoms with Gasteiger partial charge in [0.05, 0.1) is 11.0 Å². The van der Waals surface area contributed by atoms with Crippen LogP contribution in [-0.2, 0) is 25.9 Å². The molecule has 4 heterocycles. The summed E-state index contributed by atoms with van der Waals surface area (Å²) in [7, 11) is 0. The average molecular weight is 442 g/mol. The summed E-state index contributed by atoms with van der Waals surface area (Å²) in [5.41, 5.74) is 4.05. The smallest absolute Gasteiger partial charge is 0.160 e. The summed E-state index contributed by atoms with van der Waals surface area (Å²) in [6.45, 7) is 1.54. The van der Waals surface area contributed by atoms with Crippen LogP contribution in [0.2, 0.25) is 0 Å². The van der Waals surface area contributed by atoms with E-state index in [1.165, 1.54) is 12.1 Å². The maximum atomic E-state index is 13.2. The topological polar surface area (TPSA) is 44.0 Å². The highest BCUT2D eigenvalue weighted by Crippen LogP contribution is 2.32. The third-order valence-electron chi connectivity index (χ3n) is 6.34. The SMILES string of the molecule is O=Cc1c2n(c3cc(F)c(F)cc13)CCC2.O=Cc1c2n(c3cc(F)c(F)cc13)CCC2. The van der Waals surface area contributed by atoms with E-state index in [4.69, 9.17) is 0 Å². The van der Waals surface area contributed by atoms with Crippen molar-refractivity contribution in [3.63, 3.8) is 0 Å². The predicted molar refractivity (Wildman–Crippen MR) is 111 cm³/mol. The van der Waals surface area contributed by atoms with Crippen LogP contribution in [0.3, 0.4) is 0 Å². The third kappa shape index (κ3) is 2.97. The molecule has 4 aromatic rings. The van der Waals surface area contributed by atoms with E-state index in [1.54, 1.807) is 0 Å². The van der Waals surface area contributed by atoms with E-state index in [-0.39, 0.29) is 0 Å². The lowest BCUT2D eigenvalue weighted by Crippen LogP contribution is -1.92. The molecule has 0 bridgehead atoms. The monoisotopic (exact) mass is 442 g/mol. The van der Waals surface area contributed by atoms with E-state index in [0.717, 1.165) is 74.9 Å². The van der Waals surface area contributed by atoms with Crippen LogP contribution in [0.15, 0.2) is 24.3 Å². The van der Waals surface area contributed by atoms with Gasteiger partial charge in [0.15, 0.2) is 35.8 Å². The predicted octanol–water partition coefficient (Wildman–Crippen LogP) is 5.36. The third-order valence-corrected chi connectivity index (χ3v) is 6.34. The van der Waals surface area contributed by atoms with Gasteiger partial charge in [-0.2, -0.15) is 0 Å². The molecular weight excluding hydrogens is 424 g/mol. The van der Waals surface area contributed by atoms with Crippen LogP contribution in [0.1, 0.15) is 44.9 Å². The molecule has 4 nitrogen and oxygen atoms in total. The summed E-state index contributed by atoms with van der Waals surface area (Å²) >= 11 is 0. The molecule has 0 aliphatic carbocycles. The lowest BCUT2D eigenvalue weighted by atomic mass is 10.1. The van der Waals surface area contributed by atoms with Crippen LogP contribution in [-0.4, -0.2) is 21.7 Å². The largest absolute Gasteiger partial charge is 0.344 e. The van der Waals surface area contributed by atoms with Crippen LogP contribution in [0.5, 0.6) is 0 Å². The molecule has 0 radical (unpaired) electrons. The summed E-state index contributed by atoms with van der Waals surface area (Å²) in [6.07, 6.45) is 4.96. The zero-order chi connectivity index (χ0) is 22.6. The van der Waals surface area contributed by atoms with Crippen molar-refractivity contribution in [2.24, 2.45) is 0 Å². The number of aldehydes is 2. The van der Waals surface area contributed by atoms with Gasteiger partial charge in [0, 0.05) is 58.5 Å². The number of aryl methyl sites for hydroxylation is 2. The summed E-state index contributed by atoms with van der Waals surface area (Å²) < 4.78 is 56.4. The molecule has 0 saturated carbocycles.